The fourth-order valence-corrected chi connectivity index (χ4v) is 6.90. The molecular weight excluding hydrogens is 721 g/mol. The minimum atomic E-state index is -0.788. The standard InChI is InChI=1S/C52H92O6/c1-4-7-10-13-16-18-20-22-24-25-26-28-29-31-33-36-39-42-45-51(54)57-48-49(47-56-50(53)44-41-38-35-15-12-9-6-3)58-52(55)46-43-40-37-34-32-30-27-23-21-19-17-14-11-8-5-2/h8,11,17,19,23,27,32,34,49H,4-7,9-10,12-16,18,20-22,24-26,28-31,33,35-48H2,1-3H3/b11-8-,19-17-,27-23-,34-32-. The molecule has 0 amide bonds. The van der Waals surface area contributed by atoms with E-state index in [0.29, 0.717) is 19.3 Å². The molecule has 0 rings (SSSR count). The van der Waals surface area contributed by atoms with Crippen LogP contribution in [0.3, 0.4) is 0 Å². The maximum absolute atomic E-state index is 12.7. The highest BCUT2D eigenvalue weighted by molar-refractivity contribution is 5.71. The number of unbranched alkanes of at least 4 members (excludes halogenated alkanes) is 25. The van der Waals surface area contributed by atoms with Crippen LogP contribution in [0.1, 0.15) is 245 Å². The number of esters is 3. The Labute approximate surface area is 358 Å². The third-order valence-corrected chi connectivity index (χ3v) is 10.6. The summed E-state index contributed by atoms with van der Waals surface area (Å²) in [5, 5.41) is 0. The first kappa shape index (κ1) is 55.4. The van der Waals surface area contributed by atoms with Crippen molar-refractivity contribution < 1.29 is 28.6 Å². The molecule has 0 aromatic rings. The minimum Gasteiger partial charge on any atom is -0.462 e. The molecule has 0 N–H and O–H groups in total. The molecule has 6 heteroatoms. The molecule has 1 atom stereocenters. The fraction of sp³-hybridized carbons (Fsp3) is 0.788. The topological polar surface area (TPSA) is 78.9 Å². The van der Waals surface area contributed by atoms with Gasteiger partial charge >= 0.3 is 17.9 Å². The predicted molar refractivity (Wildman–Crippen MR) is 247 cm³/mol. The van der Waals surface area contributed by atoms with Gasteiger partial charge in [-0.05, 0) is 57.8 Å². The number of carbonyl (C=O) groups is 3. The summed E-state index contributed by atoms with van der Waals surface area (Å²) in [6.45, 7) is 6.46. The molecule has 0 aliphatic rings. The van der Waals surface area contributed by atoms with Gasteiger partial charge in [0.25, 0.3) is 0 Å². The van der Waals surface area contributed by atoms with Crippen LogP contribution in [0.4, 0.5) is 0 Å². The Bertz CT molecular complexity index is 1030. The van der Waals surface area contributed by atoms with E-state index in [1.165, 1.54) is 122 Å². The van der Waals surface area contributed by atoms with E-state index in [0.717, 1.165) is 77.0 Å². The van der Waals surface area contributed by atoms with Gasteiger partial charge in [-0.2, -0.15) is 0 Å². The lowest BCUT2D eigenvalue weighted by Gasteiger charge is -2.18. The number of carbonyl (C=O) groups excluding carboxylic acids is 3. The summed E-state index contributed by atoms with van der Waals surface area (Å²) in [5.74, 6) is -0.930. The van der Waals surface area contributed by atoms with E-state index in [-0.39, 0.29) is 37.5 Å². The SMILES string of the molecule is CC/C=C\C/C=C\C/C=C\C/C=C\CCCCC(=O)OC(COC(=O)CCCCCCCCC)COC(=O)CCCCCCCCCCCCCCCCCCCC. The Kier molecular flexibility index (Phi) is 44.9. The Morgan fingerprint density at radius 1 is 0.362 bits per heavy atom. The number of allylic oxidation sites excluding steroid dienone is 8. The van der Waals surface area contributed by atoms with E-state index in [4.69, 9.17) is 14.2 Å². The van der Waals surface area contributed by atoms with Crippen molar-refractivity contribution in [1.29, 1.82) is 0 Å². The summed E-state index contributed by atoms with van der Waals surface area (Å²) in [7, 11) is 0. The molecule has 6 nitrogen and oxygen atoms in total. The average Bonchev–Trinajstić information content (AvgIpc) is 3.22. The van der Waals surface area contributed by atoms with Gasteiger partial charge in [-0.1, -0.05) is 217 Å². The summed E-state index contributed by atoms with van der Waals surface area (Å²) < 4.78 is 16.7. The molecular formula is C52H92O6. The molecule has 0 aromatic heterocycles. The van der Waals surface area contributed by atoms with Crippen LogP contribution in [0.5, 0.6) is 0 Å². The molecule has 1 unspecified atom stereocenters. The largest absolute Gasteiger partial charge is 0.462 e. The van der Waals surface area contributed by atoms with Crippen LogP contribution >= 0.6 is 0 Å². The van der Waals surface area contributed by atoms with Crippen LogP contribution < -0.4 is 0 Å². The van der Waals surface area contributed by atoms with Crippen LogP contribution in [-0.4, -0.2) is 37.2 Å². The number of hydrogen-bond donors (Lipinski definition) is 0. The van der Waals surface area contributed by atoms with E-state index in [1.807, 2.05) is 0 Å². The highest BCUT2D eigenvalue weighted by atomic mass is 16.6. The van der Waals surface area contributed by atoms with Crippen molar-refractivity contribution >= 4 is 17.9 Å². The van der Waals surface area contributed by atoms with E-state index < -0.39 is 6.10 Å². The Morgan fingerprint density at radius 2 is 0.672 bits per heavy atom. The van der Waals surface area contributed by atoms with Gasteiger partial charge in [0.05, 0.1) is 0 Å². The third-order valence-electron chi connectivity index (χ3n) is 10.6. The third kappa shape index (κ3) is 44.5. The van der Waals surface area contributed by atoms with Crippen LogP contribution in [0.25, 0.3) is 0 Å². The second-order valence-corrected chi connectivity index (χ2v) is 16.4. The van der Waals surface area contributed by atoms with Gasteiger partial charge in [0.1, 0.15) is 13.2 Å². The Balaban J connectivity index is 4.29. The zero-order valence-electron chi connectivity index (χ0n) is 38.3. The molecule has 0 spiro atoms. The monoisotopic (exact) mass is 813 g/mol. The van der Waals surface area contributed by atoms with E-state index in [9.17, 15) is 14.4 Å². The van der Waals surface area contributed by atoms with Crippen molar-refractivity contribution in [3.8, 4) is 0 Å². The van der Waals surface area contributed by atoms with E-state index in [2.05, 4.69) is 69.4 Å². The molecule has 0 saturated carbocycles. The highest BCUT2D eigenvalue weighted by Gasteiger charge is 2.19. The first-order valence-corrected chi connectivity index (χ1v) is 24.6. The lowest BCUT2D eigenvalue weighted by atomic mass is 10.0. The summed E-state index contributed by atoms with van der Waals surface area (Å²) in [5.41, 5.74) is 0. The quantitative estimate of drug-likeness (QED) is 0.0264. The second-order valence-electron chi connectivity index (χ2n) is 16.4. The maximum Gasteiger partial charge on any atom is 0.306 e. The van der Waals surface area contributed by atoms with E-state index >= 15 is 0 Å². The Hall–Kier alpha value is -2.63. The summed E-state index contributed by atoms with van der Waals surface area (Å²) in [4.78, 5) is 37.7. The highest BCUT2D eigenvalue weighted by Crippen LogP contribution is 2.15. The van der Waals surface area contributed by atoms with Gasteiger partial charge in [-0.15, -0.1) is 0 Å². The van der Waals surface area contributed by atoms with Crippen molar-refractivity contribution in [2.45, 2.75) is 252 Å². The fourth-order valence-electron chi connectivity index (χ4n) is 6.90. The van der Waals surface area contributed by atoms with Crippen molar-refractivity contribution in [1.82, 2.24) is 0 Å². The molecule has 0 saturated heterocycles. The van der Waals surface area contributed by atoms with Crippen LogP contribution in [-0.2, 0) is 28.6 Å². The lowest BCUT2D eigenvalue weighted by Crippen LogP contribution is -2.30. The molecule has 0 bridgehead atoms. The van der Waals surface area contributed by atoms with Gasteiger partial charge in [-0.3, -0.25) is 14.4 Å². The maximum atomic E-state index is 12.7. The number of rotatable bonds is 44. The summed E-state index contributed by atoms with van der Waals surface area (Å²) >= 11 is 0. The number of hydrogen-bond acceptors (Lipinski definition) is 6. The molecule has 0 fully saturated rings. The minimum absolute atomic E-state index is 0.0870. The molecule has 0 heterocycles. The van der Waals surface area contributed by atoms with Crippen molar-refractivity contribution in [2.24, 2.45) is 0 Å². The smallest absolute Gasteiger partial charge is 0.306 e. The number of ether oxygens (including phenoxy) is 3. The lowest BCUT2D eigenvalue weighted by molar-refractivity contribution is -0.167. The van der Waals surface area contributed by atoms with Gasteiger partial charge < -0.3 is 14.2 Å². The van der Waals surface area contributed by atoms with Gasteiger partial charge in [0, 0.05) is 19.3 Å². The molecule has 0 aliphatic heterocycles. The summed E-state index contributed by atoms with van der Waals surface area (Å²) in [6.07, 6.45) is 55.4. The van der Waals surface area contributed by atoms with Crippen molar-refractivity contribution in [3.05, 3.63) is 48.6 Å². The molecule has 0 aliphatic carbocycles. The van der Waals surface area contributed by atoms with Crippen LogP contribution in [0.15, 0.2) is 48.6 Å². The van der Waals surface area contributed by atoms with Crippen LogP contribution in [0.2, 0.25) is 0 Å². The second kappa shape index (κ2) is 47.1. The zero-order valence-corrected chi connectivity index (χ0v) is 38.3. The van der Waals surface area contributed by atoms with Gasteiger partial charge in [-0.25, -0.2) is 0 Å². The normalized spacial score (nSPS) is 12.4. The summed E-state index contributed by atoms with van der Waals surface area (Å²) in [6, 6.07) is 0. The van der Waals surface area contributed by atoms with Crippen molar-refractivity contribution in [3.63, 3.8) is 0 Å². The molecule has 0 aromatic carbocycles. The molecule has 58 heavy (non-hydrogen) atoms. The Morgan fingerprint density at radius 3 is 1.05 bits per heavy atom. The van der Waals surface area contributed by atoms with E-state index in [1.54, 1.807) is 0 Å². The van der Waals surface area contributed by atoms with Crippen molar-refractivity contribution in [2.75, 3.05) is 13.2 Å². The van der Waals surface area contributed by atoms with Gasteiger partial charge in [0.15, 0.2) is 6.10 Å². The predicted octanol–water partition coefficient (Wildman–Crippen LogP) is 15.9. The van der Waals surface area contributed by atoms with Crippen LogP contribution in [0, 0.1) is 0 Å². The first-order chi connectivity index (χ1) is 28.5. The average molecular weight is 813 g/mol. The first-order valence-electron chi connectivity index (χ1n) is 24.6. The zero-order chi connectivity index (χ0) is 42.3. The molecule has 336 valence electrons. The van der Waals surface area contributed by atoms with Gasteiger partial charge in [0.2, 0.25) is 0 Å². The molecule has 0 radical (unpaired) electrons.